The summed E-state index contributed by atoms with van der Waals surface area (Å²) < 4.78 is 7.27. The van der Waals surface area contributed by atoms with E-state index in [4.69, 9.17) is 22.1 Å². The molecule has 192 valence electrons. The molecule has 0 aliphatic carbocycles. The molecule has 0 bridgehead atoms. The molecule has 2 aromatic carbocycles. The predicted molar refractivity (Wildman–Crippen MR) is 142 cm³/mol. The largest absolute Gasteiger partial charge is 0.379 e. The quantitative estimate of drug-likeness (QED) is 0.326. The number of carbonyl (C=O) groups is 2. The number of hydrogen-bond acceptors (Lipinski definition) is 6. The number of halogens is 1. The Labute approximate surface area is 218 Å². The van der Waals surface area contributed by atoms with Crippen LogP contribution in [0.3, 0.4) is 0 Å². The van der Waals surface area contributed by atoms with Crippen molar-refractivity contribution >= 4 is 39.7 Å². The zero-order chi connectivity index (χ0) is 25.9. The third kappa shape index (κ3) is 5.45. The topological polar surface area (TPSA) is 118 Å². The molecule has 2 amide bonds. The van der Waals surface area contributed by atoms with Gasteiger partial charge in [-0.3, -0.25) is 19.3 Å². The van der Waals surface area contributed by atoms with Crippen LogP contribution in [0.5, 0.6) is 0 Å². The van der Waals surface area contributed by atoms with E-state index in [-0.39, 0.29) is 36.5 Å². The van der Waals surface area contributed by atoms with Crippen LogP contribution in [0.15, 0.2) is 53.5 Å². The minimum absolute atomic E-state index is 0.0360. The van der Waals surface area contributed by atoms with Gasteiger partial charge in [-0.1, -0.05) is 23.7 Å². The Morgan fingerprint density at radius 1 is 1.00 bits per heavy atom. The molecule has 10 heteroatoms. The number of morpholine rings is 1. The molecule has 9 nitrogen and oxygen atoms in total. The first kappa shape index (κ1) is 25.2. The van der Waals surface area contributed by atoms with Gasteiger partial charge < -0.3 is 25.5 Å². The van der Waals surface area contributed by atoms with Gasteiger partial charge in [0, 0.05) is 53.9 Å². The Morgan fingerprint density at radius 3 is 2.49 bits per heavy atom. The number of ether oxygens (including phenoxy) is 1. The highest BCUT2D eigenvalue weighted by molar-refractivity contribution is 6.30. The fourth-order valence-corrected chi connectivity index (χ4v) is 4.82. The summed E-state index contributed by atoms with van der Waals surface area (Å²) in [6, 6.07) is 13.0. The summed E-state index contributed by atoms with van der Waals surface area (Å²) in [5.41, 5.74) is 8.47. The van der Waals surface area contributed by atoms with Crippen molar-refractivity contribution in [2.45, 2.75) is 19.6 Å². The van der Waals surface area contributed by atoms with E-state index in [1.54, 1.807) is 18.3 Å². The van der Waals surface area contributed by atoms with Gasteiger partial charge in [0.15, 0.2) is 0 Å². The number of rotatable bonds is 8. The second-order valence-corrected chi connectivity index (χ2v) is 9.57. The molecule has 0 unspecified atom stereocenters. The van der Waals surface area contributed by atoms with Gasteiger partial charge in [0.25, 0.3) is 5.91 Å². The van der Waals surface area contributed by atoms with Crippen LogP contribution < -0.4 is 21.8 Å². The second kappa shape index (κ2) is 10.9. The molecule has 4 N–H and O–H groups in total. The summed E-state index contributed by atoms with van der Waals surface area (Å²) in [6.45, 7) is 4.01. The average molecular weight is 522 g/mol. The van der Waals surface area contributed by atoms with E-state index in [0.717, 1.165) is 40.8 Å². The number of hydrogen-bond donors (Lipinski definition) is 3. The van der Waals surface area contributed by atoms with Gasteiger partial charge in [-0.2, -0.15) is 0 Å². The zero-order valence-electron chi connectivity index (χ0n) is 20.3. The lowest BCUT2D eigenvalue weighted by Crippen LogP contribution is -2.35. The summed E-state index contributed by atoms with van der Waals surface area (Å²) >= 11 is 5.95. The Morgan fingerprint density at radius 2 is 1.76 bits per heavy atom. The summed E-state index contributed by atoms with van der Waals surface area (Å²) in [4.78, 5) is 40.9. The average Bonchev–Trinajstić information content (AvgIpc) is 3.26. The third-order valence-corrected chi connectivity index (χ3v) is 6.84. The molecule has 0 radical (unpaired) electrons. The van der Waals surface area contributed by atoms with E-state index in [1.165, 1.54) is 0 Å². The molecule has 1 aliphatic heterocycles. The fraction of sp³-hybridized carbons (Fsp3) is 0.296. The van der Waals surface area contributed by atoms with Crippen LogP contribution in [0, 0.1) is 0 Å². The predicted octanol–water partition coefficient (Wildman–Crippen LogP) is 1.88. The van der Waals surface area contributed by atoms with E-state index < -0.39 is 5.91 Å². The maximum Gasteiger partial charge on any atom is 0.257 e. The number of benzene rings is 2. The highest BCUT2D eigenvalue weighted by Crippen LogP contribution is 2.26. The molecule has 1 fully saturated rings. The minimum Gasteiger partial charge on any atom is -0.379 e. The van der Waals surface area contributed by atoms with E-state index in [0.29, 0.717) is 30.2 Å². The first-order valence-electron chi connectivity index (χ1n) is 12.2. The van der Waals surface area contributed by atoms with E-state index in [1.807, 2.05) is 28.7 Å². The summed E-state index contributed by atoms with van der Waals surface area (Å²) in [6.07, 6.45) is 1.56. The van der Waals surface area contributed by atoms with Crippen molar-refractivity contribution in [1.82, 2.24) is 19.9 Å². The second-order valence-electron chi connectivity index (χ2n) is 9.14. The van der Waals surface area contributed by atoms with Gasteiger partial charge in [-0.15, -0.1) is 0 Å². The van der Waals surface area contributed by atoms with Crippen molar-refractivity contribution in [2.24, 2.45) is 5.73 Å². The van der Waals surface area contributed by atoms with Crippen LogP contribution >= 0.6 is 11.6 Å². The maximum absolute atomic E-state index is 13.6. The maximum atomic E-state index is 13.6. The molecule has 4 aromatic rings. The molecule has 0 atom stereocenters. The number of amides is 2. The molecule has 5 rings (SSSR count). The van der Waals surface area contributed by atoms with Crippen LogP contribution in [-0.2, 0) is 29.2 Å². The van der Waals surface area contributed by atoms with Crippen molar-refractivity contribution in [2.75, 3.05) is 32.8 Å². The smallest absolute Gasteiger partial charge is 0.257 e. The summed E-state index contributed by atoms with van der Waals surface area (Å²) in [5, 5.41) is 7.58. The van der Waals surface area contributed by atoms with Crippen molar-refractivity contribution < 1.29 is 14.3 Å². The normalized spacial score (nSPS) is 14.3. The first-order chi connectivity index (χ1) is 17.9. The number of nitrogens with two attached hydrogens (primary N) is 1. The Bertz CT molecular complexity index is 1500. The highest BCUT2D eigenvalue weighted by Gasteiger charge is 2.20. The summed E-state index contributed by atoms with van der Waals surface area (Å²) in [7, 11) is 0. The standard InChI is InChI=1S/C27H28ClN5O4/c28-20-3-1-17(2-4-20)13-31-27(36)23-16-33-21(14-30-24(34)12-29)11-19-9-18(10-22(25(19)33)26(23)35)15-32-5-7-37-8-6-32/h1-4,9-11,16H,5-8,12-15,29H2,(H,30,34)(H,31,36). The number of pyridine rings is 1. The molecule has 0 spiro atoms. The van der Waals surface area contributed by atoms with Gasteiger partial charge in [0.2, 0.25) is 11.3 Å². The van der Waals surface area contributed by atoms with Crippen LogP contribution in [-0.4, -0.2) is 54.0 Å². The lowest BCUT2D eigenvalue weighted by atomic mass is 10.0. The highest BCUT2D eigenvalue weighted by atomic mass is 35.5. The van der Waals surface area contributed by atoms with Gasteiger partial charge in [0.05, 0.1) is 31.8 Å². The van der Waals surface area contributed by atoms with Gasteiger partial charge in [-0.05, 0) is 41.5 Å². The number of carbonyl (C=O) groups excluding carboxylic acids is 2. The number of nitrogens with zero attached hydrogens (tertiary/aromatic N) is 2. The lowest BCUT2D eigenvalue weighted by molar-refractivity contribution is -0.119. The third-order valence-electron chi connectivity index (χ3n) is 6.59. The molecule has 1 aliphatic rings. The Hall–Kier alpha value is -3.50. The first-order valence-corrected chi connectivity index (χ1v) is 12.5. The molecule has 3 heterocycles. The molecular weight excluding hydrogens is 494 g/mol. The van der Waals surface area contributed by atoms with Gasteiger partial charge in [-0.25, -0.2) is 0 Å². The Balaban J connectivity index is 1.53. The van der Waals surface area contributed by atoms with Crippen molar-refractivity contribution in [3.05, 3.63) is 86.3 Å². The minimum atomic E-state index is -0.469. The van der Waals surface area contributed by atoms with Crippen LogP contribution in [0.1, 0.15) is 27.2 Å². The van der Waals surface area contributed by atoms with E-state index >= 15 is 0 Å². The molecule has 0 saturated carbocycles. The van der Waals surface area contributed by atoms with Crippen LogP contribution in [0.2, 0.25) is 5.02 Å². The van der Waals surface area contributed by atoms with Crippen molar-refractivity contribution in [3.63, 3.8) is 0 Å². The monoisotopic (exact) mass is 521 g/mol. The van der Waals surface area contributed by atoms with Crippen molar-refractivity contribution in [1.29, 1.82) is 0 Å². The van der Waals surface area contributed by atoms with Crippen molar-refractivity contribution in [3.8, 4) is 0 Å². The van der Waals surface area contributed by atoms with Crippen LogP contribution in [0.25, 0.3) is 16.3 Å². The SMILES string of the molecule is NCC(=O)NCc1cc2cc(CN3CCOCC3)cc3c(=O)c(C(=O)NCc4ccc(Cl)cc4)cn1c23. The van der Waals surface area contributed by atoms with E-state index in [2.05, 4.69) is 21.6 Å². The molecule has 1 saturated heterocycles. The van der Waals surface area contributed by atoms with E-state index in [9.17, 15) is 14.4 Å². The lowest BCUT2D eigenvalue weighted by Gasteiger charge is -2.26. The van der Waals surface area contributed by atoms with Gasteiger partial charge in [0.1, 0.15) is 5.56 Å². The summed E-state index contributed by atoms with van der Waals surface area (Å²) in [5.74, 6) is -0.758. The zero-order valence-corrected chi connectivity index (χ0v) is 21.0. The molecule has 37 heavy (non-hydrogen) atoms. The molecule has 2 aromatic heterocycles. The number of aromatic nitrogens is 1. The molecular formula is C27H28ClN5O4. The Kier molecular flexibility index (Phi) is 7.38. The fourth-order valence-electron chi connectivity index (χ4n) is 4.69. The van der Waals surface area contributed by atoms with Gasteiger partial charge >= 0.3 is 0 Å². The number of nitrogens with one attached hydrogen (secondary N) is 2. The van der Waals surface area contributed by atoms with Crippen LogP contribution in [0.4, 0.5) is 0 Å².